The molecule has 0 heterocycles. The molecule has 1 saturated carbocycles. The van der Waals surface area contributed by atoms with Gasteiger partial charge in [-0.3, -0.25) is 4.79 Å². The van der Waals surface area contributed by atoms with Gasteiger partial charge >= 0.3 is 0 Å². The van der Waals surface area contributed by atoms with E-state index in [2.05, 4.69) is 5.16 Å². The molecule has 1 amide bonds. The van der Waals surface area contributed by atoms with Gasteiger partial charge in [-0.2, -0.15) is 0 Å². The lowest BCUT2D eigenvalue weighted by molar-refractivity contribution is 0.0746. The number of rotatable bonds is 5. The second-order valence-corrected chi connectivity index (χ2v) is 5.03. The Morgan fingerprint density at radius 1 is 1.55 bits per heavy atom. The van der Waals surface area contributed by atoms with Gasteiger partial charge in [-0.05, 0) is 43.5 Å². The van der Waals surface area contributed by atoms with Crippen LogP contribution in [-0.2, 0) is 0 Å². The van der Waals surface area contributed by atoms with Gasteiger partial charge in [0.1, 0.15) is 11.7 Å². The molecule has 2 rings (SSSR count). The molecular weight excluding hydrogens is 261 g/mol. The first kappa shape index (κ1) is 14.3. The molecule has 6 heteroatoms. The maximum Gasteiger partial charge on any atom is 0.254 e. The average Bonchev–Trinajstić information content (AvgIpc) is 3.23. The van der Waals surface area contributed by atoms with Crippen LogP contribution in [0.25, 0.3) is 0 Å². The molecule has 0 radical (unpaired) electrons. The summed E-state index contributed by atoms with van der Waals surface area (Å²) in [5.74, 6) is -0.385. The molecule has 0 atom stereocenters. The van der Waals surface area contributed by atoms with Gasteiger partial charge < -0.3 is 15.8 Å². The van der Waals surface area contributed by atoms with Gasteiger partial charge in [-0.25, -0.2) is 4.39 Å². The second kappa shape index (κ2) is 5.90. The predicted molar refractivity (Wildman–Crippen MR) is 73.2 cm³/mol. The Balaban J connectivity index is 2.14. The Kier molecular flexibility index (Phi) is 4.22. The lowest BCUT2D eigenvalue weighted by Gasteiger charge is -2.23. The van der Waals surface area contributed by atoms with Crippen LogP contribution in [0.5, 0.6) is 0 Å². The highest BCUT2D eigenvalue weighted by Crippen LogP contribution is 2.29. The van der Waals surface area contributed by atoms with E-state index in [1.165, 1.54) is 18.2 Å². The maximum atomic E-state index is 13.1. The van der Waals surface area contributed by atoms with Crippen LogP contribution in [0.2, 0.25) is 0 Å². The number of amidine groups is 1. The van der Waals surface area contributed by atoms with Gasteiger partial charge in [-0.1, -0.05) is 5.16 Å². The molecule has 3 N–H and O–H groups in total. The maximum absolute atomic E-state index is 13.1. The van der Waals surface area contributed by atoms with Gasteiger partial charge in [0.15, 0.2) is 0 Å². The standard InChI is InChI=1S/C14H18FN3O2/c1-9-8-10(15)2-5-12(9)14(19)18(11-3-4-11)7-6-13(16)17-20/h2,5,8,11,20H,3-4,6-7H2,1H3,(H2,16,17). The Labute approximate surface area is 116 Å². The van der Waals surface area contributed by atoms with Crippen LogP contribution in [0.3, 0.4) is 0 Å². The zero-order chi connectivity index (χ0) is 14.7. The minimum Gasteiger partial charge on any atom is -0.409 e. The average molecular weight is 279 g/mol. The van der Waals surface area contributed by atoms with Gasteiger partial charge in [0.25, 0.3) is 5.91 Å². The zero-order valence-electron chi connectivity index (χ0n) is 11.3. The summed E-state index contributed by atoms with van der Waals surface area (Å²) < 4.78 is 13.1. The first-order valence-electron chi connectivity index (χ1n) is 6.56. The number of amides is 1. The first-order valence-corrected chi connectivity index (χ1v) is 6.56. The highest BCUT2D eigenvalue weighted by atomic mass is 19.1. The van der Waals surface area contributed by atoms with Crippen molar-refractivity contribution in [2.45, 2.75) is 32.2 Å². The highest BCUT2D eigenvalue weighted by molar-refractivity contribution is 5.96. The fraction of sp³-hybridized carbons (Fsp3) is 0.429. The highest BCUT2D eigenvalue weighted by Gasteiger charge is 2.33. The number of hydrogen-bond donors (Lipinski definition) is 2. The van der Waals surface area contributed by atoms with Gasteiger partial charge in [0.05, 0.1) is 0 Å². The van der Waals surface area contributed by atoms with E-state index in [-0.39, 0.29) is 23.6 Å². The van der Waals surface area contributed by atoms with Crippen LogP contribution < -0.4 is 5.73 Å². The quantitative estimate of drug-likeness (QED) is 0.374. The largest absolute Gasteiger partial charge is 0.409 e. The van der Waals surface area contributed by atoms with Gasteiger partial charge in [0.2, 0.25) is 0 Å². The molecule has 0 bridgehead atoms. The fourth-order valence-electron chi connectivity index (χ4n) is 2.14. The van der Waals surface area contributed by atoms with Crippen molar-refractivity contribution >= 4 is 11.7 Å². The van der Waals surface area contributed by atoms with Crippen molar-refractivity contribution in [1.29, 1.82) is 0 Å². The van der Waals surface area contributed by atoms with Crippen LogP contribution in [0.1, 0.15) is 35.2 Å². The van der Waals surface area contributed by atoms with Gasteiger partial charge in [-0.15, -0.1) is 0 Å². The van der Waals surface area contributed by atoms with Crippen molar-refractivity contribution in [2.24, 2.45) is 10.9 Å². The Morgan fingerprint density at radius 2 is 2.25 bits per heavy atom. The molecule has 0 spiro atoms. The number of nitrogens with zero attached hydrogens (tertiary/aromatic N) is 2. The van der Waals surface area contributed by atoms with Crippen molar-refractivity contribution in [3.05, 3.63) is 35.1 Å². The van der Waals surface area contributed by atoms with Crippen molar-refractivity contribution < 1.29 is 14.4 Å². The SMILES string of the molecule is Cc1cc(F)ccc1C(=O)N(CC/C(N)=N/O)C1CC1. The molecule has 1 fully saturated rings. The molecule has 20 heavy (non-hydrogen) atoms. The fourth-order valence-corrected chi connectivity index (χ4v) is 2.14. The summed E-state index contributed by atoms with van der Waals surface area (Å²) >= 11 is 0. The van der Waals surface area contributed by atoms with Crippen molar-refractivity contribution in [2.75, 3.05) is 6.54 Å². The second-order valence-electron chi connectivity index (χ2n) is 5.03. The molecule has 108 valence electrons. The predicted octanol–water partition coefficient (Wildman–Crippen LogP) is 1.88. The third kappa shape index (κ3) is 3.26. The first-order chi connectivity index (χ1) is 9.52. The summed E-state index contributed by atoms with van der Waals surface area (Å²) in [4.78, 5) is 14.2. The molecule has 0 aromatic heterocycles. The van der Waals surface area contributed by atoms with E-state index in [1.54, 1.807) is 11.8 Å². The Morgan fingerprint density at radius 3 is 2.80 bits per heavy atom. The smallest absolute Gasteiger partial charge is 0.254 e. The number of carbonyl (C=O) groups is 1. The monoisotopic (exact) mass is 279 g/mol. The number of nitrogens with two attached hydrogens (primary N) is 1. The molecule has 1 aromatic carbocycles. The lowest BCUT2D eigenvalue weighted by atomic mass is 10.1. The summed E-state index contributed by atoms with van der Waals surface area (Å²) in [6.45, 7) is 2.11. The van der Waals surface area contributed by atoms with E-state index in [0.29, 0.717) is 24.1 Å². The number of carbonyl (C=O) groups excluding carboxylic acids is 1. The Bertz CT molecular complexity index is 541. The van der Waals surface area contributed by atoms with Crippen molar-refractivity contribution in [3.8, 4) is 0 Å². The van der Waals surface area contributed by atoms with Crippen LogP contribution >= 0.6 is 0 Å². The van der Waals surface area contributed by atoms with E-state index >= 15 is 0 Å². The number of hydrogen-bond acceptors (Lipinski definition) is 3. The molecule has 0 aliphatic heterocycles. The molecule has 1 aromatic rings. The van der Waals surface area contributed by atoms with Crippen LogP contribution in [-0.4, -0.2) is 34.4 Å². The molecule has 1 aliphatic carbocycles. The minimum absolute atomic E-state index is 0.0966. The van der Waals surface area contributed by atoms with E-state index in [0.717, 1.165) is 12.8 Å². The van der Waals surface area contributed by atoms with Crippen LogP contribution in [0.15, 0.2) is 23.4 Å². The Hall–Kier alpha value is -2.11. The summed E-state index contributed by atoms with van der Waals surface area (Å²) in [6.07, 6.45) is 2.24. The van der Waals surface area contributed by atoms with E-state index in [9.17, 15) is 9.18 Å². The van der Waals surface area contributed by atoms with Crippen molar-refractivity contribution in [3.63, 3.8) is 0 Å². The number of oxime groups is 1. The molecular formula is C14H18FN3O2. The molecule has 5 nitrogen and oxygen atoms in total. The molecule has 0 saturated heterocycles. The normalized spacial score (nSPS) is 15.2. The molecule has 1 aliphatic rings. The summed E-state index contributed by atoms with van der Waals surface area (Å²) in [5.41, 5.74) is 6.56. The molecule has 0 unspecified atom stereocenters. The van der Waals surface area contributed by atoms with Gasteiger partial charge in [0, 0.05) is 24.6 Å². The number of halogens is 1. The summed E-state index contributed by atoms with van der Waals surface area (Å²) in [6, 6.07) is 4.35. The third-order valence-electron chi connectivity index (χ3n) is 3.40. The van der Waals surface area contributed by atoms with Crippen molar-refractivity contribution in [1.82, 2.24) is 4.90 Å². The van der Waals surface area contributed by atoms with E-state index in [4.69, 9.17) is 10.9 Å². The topological polar surface area (TPSA) is 78.9 Å². The van der Waals surface area contributed by atoms with Crippen LogP contribution in [0, 0.1) is 12.7 Å². The van der Waals surface area contributed by atoms with Crippen LogP contribution in [0.4, 0.5) is 4.39 Å². The zero-order valence-corrected chi connectivity index (χ0v) is 11.3. The number of benzene rings is 1. The lowest BCUT2D eigenvalue weighted by Crippen LogP contribution is -2.36. The summed E-state index contributed by atoms with van der Waals surface area (Å²) in [7, 11) is 0. The van der Waals surface area contributed by atoms with E-state index in [1.807, 2.05) is 0 Å². The van der Waals surface area contributed by atoms with E-state index < -0.39 is 0 Å². The third-order valence-corrected chi connectivity index (χ3v) is 3.40. The summed E-state index contributed by atoms with van der Waals surface area (Å²) in [5, 5.41) is 11.5. The number of aryl methyl sites for hydroxylation is 1. The minimum atomic E-state index is -0.353.